The summed E-state index contributed by atoms with van der Waals surface area (Å²) in [4.78, 5) is 17.6. The first-order chi connectivity index (χ1) is 14.0. The lowest BCUT2D eigenvalue weighted by Crippen LogP contribution is -2.58. The Labute approximate surface area is 177 Å². The van der Waals surface area contributed by atoms with Crippen LogP contribution in [-0.2, 0) is 12.1 Å². The molecule has 2 amide bonds. The smallest absolute Gasteiger partial charge is 0.325 e. The molecule has 2 fully saturated rings. The number of ether oxygens (including phenoxy) is 1. The normalized spacial score (nSPS) is 23.9. The van der Waals surface area contributed by atoms with Crippen molar-refractivity contribution in [1.82, 2.24) is 4.90 Å². The van der Waals surface area contributed by atoms with Crippen LogP contribution < -0.4 is 9.64 Å². The third-order valence-corrected chi connectivity index (χ3v) is 7.12. The Bertz CT molecular complexity index is 936. The first-order valence-corrected chi connectivity index (χ1v) is 10.9. The molecule has 2 aliphatic carbocycles. The van der Waals surface area contributed by atoms with Crippen molar-refractivity contribution in [3.63, 3.8) is 0 Å². The number of carbonyl (C=O) groups is 1. The Kier molecular flexibility index (Phi) is 4.50. The summed E-state index contributed by atoms with van der Waals surface area (Å²) in [6, 6.07) is 14.1. The number of anilines is 1. The second-order valence-corrected chi connectivity index (χ2v) is 9.22. The van der Waals surface area contributed by atoms with E-state index in [4.69, 9.17) is 16.3 Å². The fourth-order valence-electron chi connectivity index (χ4n) is 5.02. The predicted molar refractivity (Wildman–Crippen MR) is 116 cm³/mol. The van der Waals surface area contributed by atoms with Crippen LogP contribution in [-0.4, -0.2) is 25.1 Å². The van der Waals surface area contributed by atoms with Gasteiger partial charge < -0.3 is 9.64 Å². The molecule has 0 spiro atoms. The second-order valence-electron chi connectivity index (χ2n) is 8.78. The molecule has 5 heteroatoms. The van der Waals surface area contributed by atoms with E-state index in [1.807, 2.05) is 53.2 Å². The van der Waals surface area contributed by atoms with Gasteiger partial charge in [0.05, 0.1) is 24.9 Å². The Morgan fingerprint density at radius 1 is 1.10 bits per heavy atom. The molecule has 2 aromatic rings. The van der Waals surface area contributed by atoms with Crippen molar-refractivity contribution in [3.05, 3.63) is 58.6 Å². The molecule has 29 heavy (non-hydrogen) atoms. The largest absolute Gasteiger partial charge is 0.497 e. The minimum Gasteiger partial charge on any atom is -0.497 e. The van der Waals surface area contributed by atoms with Crippen molar-refractivity contribution in [3.8, 4) is 5.75 Å². The summed E-state index contributed by atoms with van der Waals surface area (Å²) in [5.74, 6) is 2.09. The summed E-state index contributed by atoms with van der Waals surface area (Å²) in [5, 5.41) is 0.747. The number of rotatable bonds is 6. The molecule has 1 atom stereocenters. The fraction of sp³-hybridized carbons (Fsp3) is 0.458. The van der Waals surface area contributed by atoms with Gasteiger partial charge in [-0.25, -0.2) is 4.79 Å². The van der Waals surface area contributed by atoms with Gasteiger partial charge in [-0.1, -0.05) is 36.6 Å². The molecular formula is C24H27ClN2O2. The summed E-state index contributed by atoms with van der Waals surface area (Å²) in [6.45, 7) is 0.534. The maximum Gasteiger partial charge on any atom is 0.325 e. The van der Waals surface area contributed by atoms with Gasteiger partial charge in [-0.3, -0.25) is 4.90 Å². The minimum absolute atomic E-state index is 0.0863. The highest BCUT2D eigenvalue weighted by atomic mass is 35.5. The van der Waals surface area contributed by atoms with Gasteiger partial charge in [0.25, 0.3) is 0 Å². The van der Waals surface area contributed by atoms with Gasteiger partial charge in [0.15, 0.2) is 0 Å². The maximum atomic E-state index is 13.6. The van der Waals surface area contributed by atoms with Crippen LogP contribution >= 0.6 is 11.6 Å². The topological polar surface area (TPSA) is 32.8 Å². The average molecular weight is 411 g/mol. The Hall–Kier alpha value is -2.20. The molecule has 0 radical (unpaired) electrons. The zero-order chi connectivity index (χ0) is 20.2. The molecule has 2 aromatic carbocycles. The van der Waals surface area contributed by atoms with E-state index >= 15 is 0 Å². The second kappa shape index (κ2) is 6.94. The zero-order valence-corrected chi connectivity index (χ0v) is 17.8. The standard InChI is InChI=1S/C24H27ClN2O2/c1-26-23(28)27(15-17-5-10-20(29-2)11-6-17)22-12-9-19(25)13-21(22)24(26,18-7-8-18)14-16-3-4-16/h5-6,9-13,16,18H,3-4,7-8,14-15H2,1-2H3. The number of hydrogen-bond acceptors (Lipinski definition) is 2. The van der Waals surface area contributed by atoms with Crippen LogP contribution in [0, 0.1) is 11.8 Å². The highest BCUT2D eigenvalue weighted by molar-refractivity contribution is 6.30. The van der Waals surface area contributed by atoms with Crippen LogP contribution in [0.1, 0.15) is 43.2 Å². The molecule has 3 aliphatic rings. The molecule has 152 valence electrons. The van der Waals surface area contributed by atoms with Gasteiger partial charge in [-0.2, -0.15) is 0 Å². The number of methoxy groups -OCH3 is 1. The van der Waals surface area contributed by atoms with E-state index in [1.54, 1.807) is 7.11 Å². The predicted octanol–water partition coefficient (Wildman–Crippen LogP) is 5.83. The van der Waals surface area contributed by atoms with Gasteiger partial charge in [0, 0.05) is 17.6 Å². The fourth-order valence-corrected chi connectivity index (χ4v) is 5.19. The average Bonchev–Trinajstić information content (AvgIpc) is 3.63. The van der Waals surface area contributed by atoms with Crippen LogP contribution in [0.25, 0.3) is 0 Å². The van der Waals surface area contributed by atoms with E-state index in [1.165, 1.54) is 31.2 Å². The van der Waals surface area contributed by atoms with Crippen LogP contribution in [0.3, 0.4) is 0 Å². The first kappa shape index (κ1) is 18.8. The summed E-state index contributed by atoms with van der Waals surface area (Å²) in [5.41, 5.74) is 3.11. The number of benzene rings is 2. The molecule has 1 aliphatic heterocycles. The van der Waals surface area contributed by atoms with E-state index in [9.17, 15) is 4.79 Å². The van der Waals surface area contributed by atoms with E-state index in [0.29, 0.717) is 12.5 Å². The van der Waals surface area contributed by atoms with Crippen molar-refractivity contribution in [1.29, 1.82) is 0 Å². The third kappa shape index (κ3) is 3.18. The number of carbonyl (C=O) groups excluding carboxylic acids is 1. The maximum absolute atomic E-state index is 13.6. The van der Waals surface area contributed by atoms with Crippen molar-refractivity contribution < 1.29 is 9.53 Å². The Balaban J connectivity index is 1.58. The lowest BCUT2D eigenvalue weighted by Gasteiger charge is -2.50. The molecule has 2 saturated carbocycles. The molecule has 4 nitrogen and oxygen atoms in total. The number of urea groups is 1. The monoisotopic (exact) mass is 410 g/mol. The van der Waals surface area contributed by atoms with Crippen molar-refractivity contribution in [2.24, 2.45) is 11.8 Å². The molecular weight excluding hydrogens is 384 g/mol. The number of halogens is 1. The minimum atomic E-state index is -0.213. The first-order valence-electron chi connectivity index (χ1n) is 10.5. The summed E-state index contributed by atoms with van der Waals surface area (Å²) in [6.07, 6.45) is 6.00. The lowest BCUT2D eigenvalue weighted by molar-refractivity contribution is 0.0964. The molecule has 5 rings (SSSR count). The van der Waals surface area contributed by atoms with Crippen LogP contribution in [0.5, 0.6) is 5.75 Å². The van der Waals surface area contributed by atoms with E-state index in [0.717, 1.165) is 34.4 Å². The van der Waals surface area contributed by atoms with E-state index < -0.39 is 0 Å². The quantitative estimate of drug-likeness (QED) is 0.600. The van der Waals surface area contributed by atoms with Gasteiger partial charge in [-0.15, -0.1) is 0 Å². The Morgan fingerprint density at radius 2 is 1.83 bits per heavy atom. The van der Waals surface area contributed by atoms with E-state index in [2.05, 4.69) is 6.07 Å². The summed E-state index contributed by atoms with van der Waals surface area (Å²) >= 11 is 6.47. The number of nitrogens with zero attached hydrogens (tertiary/aromatic N) is 2. The Morgan fingerprint density at radius 3 is 2.45 bits per heavy atom. The van der Waals surface area contributed by atoms with E-state index in [-0.39, 0.29) is 11.6 Å². The van der Waals surface area contributed by atoms with Crippen LogP contribution in [0.15, 0.2) is 42.5 Å². The highest BCUT2D eigenvalue weighted by Gasteiger charge is 2.57. The van der Waals surface area contributed by atoms with Gasteiger partial charge in [0.1, 0.15) is 5.75 Å². The number of amides is 2. The lowest BCUT2D eigenvalue weighted by atomic mass is 9.76. The van der Waals surface area contributed by atoms with Crippen molar-refractivity contribution in [2.45, 2.75) is 44.2 Å². The number of hydrogen-bond donors (Lipinski definition) is 0. The van der Waals surface area contributed by atoms with Crippen LogP contribution in [0.4, 0.5) is 10.5 Å². The molecule has 0 bridgehead atoms. The summed E-state index contributed by atoms with van der Waals surface area (Å²) in [7, 11) is 3.66. The molecule has 0 saturated heterocycles. The number of fused-ring (bicyclic) bond motifs is 1. The van der Waals surface area contributed by atoms with Gasteiger partial charge in [0.2, 0.25) is 0 Å². The van der Waals surface area contributed by atoms with Crippen LogP contribution in [0.2, 0.25) is 5.02 Å². The van der Waals surface area contributed by atoms with Gasteiger partial charge >= 0.3 is 6.03 Å². The van der Waals surface area contributed by atoms with Crippen molar-refractivity contribution in [2.75, 3.05) is 19.1 Å². The molecule has 1 heterocycles. The zero-order valence-electron chi connectivity index (χ0n) is 17.0. The molecule has 1 unspecified atom stereocenters. The van der Waals surface area contributed by atoms with Crippen molar-refractivity contribution >= 4 is 23.3 Å². The van der Waals surface area contributed by atoms with Gasteiger partial charge in [-0.05, 0) is 67.0 Å². The third-order valence-electron chi connectivity index (χ3n) is 6.88. The SMILES string of the molecule is COc1ccc(CN2C(=O)N(C)C(CC3CC3)(C3CC3)c3cc(Cl)ccc32)cc1. The summed E-state index contributed by atoms with van der Waals surface area (Å²) < 4.78 is 5.27. The molecule has 0 N–H and O–H groups in total. The molecule has 0 aromatic heterocycles. The highest BCUT2D eigenvalue weighted by Crippen LogP contribution is 2.59.